The second-order valence-corrected chi connectivity index (χ2v) is 5.15. The third kappa shape index (κ3) is 5.29. The van der Waals surface area contributed by atoms with Crippen LogP contribution in [0.4, 0.5) is 0 Å². The second kappa shape index (κ2) is 8.47. The lowest BCUT2D eigenvalue weighted by Crippen LogP contribution is -2.42. The fraction of sp³-hybridized carbons (Fsp3) is 0.600. The maximum Gasteiger partial charge on any atom is 0.122 e. The van der Waals surface area contributed by atoms with Crippen molar-refractivity contribution in [2.45, 2.75) is 20.0 Å². The smallest absolute Gasteiger partial charge is 0.122 e. The van der Waals surface area contributed by atoms with Crippen molar-refractivity contribution in [2.24, 2.45) is 0 Å². The molecule has 1 atom stereocenters. The Morgan fingerprint density at radius 3 is 2.70 bits per heavy atom. The topological polar surface area (TPSA) is 41.9 Å². The van der Waals surface area contributed by atoms with E-state index in [-0.39, 0.29) is 12.4 Å². The van der Waals surface area contributed by atoms with Crippen molar-refractivity contribution in [2.75, 3.05) is 39.5 Å². The predicted molar refractivity (Wildman–Crippen MR) is 81.9 cm³/mol. The Morgan fingerprint density at radius 2 is 2.00 bits per heavy atom. The van der Waals surface area contributed by atoms with Crippen LogP contribution in [-0.2, 0) is 4.74 Å². The molecule has 1 aromatic carbocycles. The fourth-order valence-corrected chi connectivity index (χ4v) is 2.18. The van der Waals surface area contributed by atoms with Gasteiger partial charge in [-0.1, -0.05) is 12.1 Å². The molecule has 1 unspecified atom stereocenters. The molecule has 2 rings (SSSR count). The molecular formula is C15H24ClNO3. The number of rotatable bonds is 5. The number of morpholine rings is 1. The molecule has 0 aromatic heterocycles. The quantitative estimate of drug-likeness (QED) is 0.900. The van der Waals surface area contributed by atoms with Gasteiger partial charge in [0.25, 0.3) is 0 Å². The first kappa shape index (κ1) is 17.2. The van der Waals surface area contributed by atoms with Gasteiger partial charge in [-0.25, -0.2) is 0 Å². The van der Waals surface area contributed by atoms with Gasteiger partial charge in [0.05, 0.1) is 13.2 Å². The maximum atomic E-state index is 10.0. The Bertz CT molecular complexity index is 408. The van der Waals surface area contributed by atoms with E-state index in [0.29, 0.717) is 13.2 Å². The lowest BCUT2D eigenvalue weighted by atomic mass is 10.1. The summed E-state index contributed by atoms with van der Waals surface area (Å²) >= 11 is 0. The van der Waals surface area contributed by atoms with Crippen LogP contribution in [-0.4, -0.2) is 55.6 Å². The number of β-amino-alcohol motifs (C(OH)–C–C–N with tert-alkyl or cyclic N) is 1. The minimum Gasteiger partial charge on any atom is -0.491 e. The number of halogens is 1. The zero-order chi connectivity index (χ0) is 13.7. The van der Waals surface area contributed by atoms with Gasteiger partial charge in [-0.15, -0.1) is 12.4 Å². The average molecular weight is 302 g/mol. The van der Waals surface area contributed by atoms with Gasteiger partial charge >= 0.3 is 0 Å². The summed E-state index contributed by atoms with van der Waals surface area (Å²) in [7, 11) is 0. The van der Waals surface area contributed by atoms with E-state index < -0.39 is 6.10 Å². The monoisotopic (exact) mass is 301 g/mol. The molecule has 5 heteroatoms. The van der Waals surface area contributed by atoms with E-state index in [0.717, 1.165) is 37.6 Å². The van der Waals surface area contributed by atoms with Crippen molar-refractivity contribution in [1.82, 2.24) is 4.90 Å². The largest absolute Gasteiger partial charge is 0.491 e. The lowest BCUT2D eigenvalue weighted by Gasteiger charge is -2.28. The van der Waals surface area contributed by atoms with Crippen LogP contribution in [0.25, 0.3) is 0 Å². The molecule has 20 heavy (non-hydrogen) atoms. The number of hydrogen-bond acceptors (Lipinski definition) is 4. The fourth-order valence-electron chi connectivity index (χ4n) is 2.18. The highest BCUT2D eigenvalue weighted by atomic mass is 35.5. The van der Waals surface area contributed by atoms with Gasteiger partial charge in [-0.3, -0.25) is 4.90 Å². The van der Waals surface area contributed by atoms with Crippen LogP contribution in [0.2, 0.25) is 0 Å². The Labute approximate surface area is 127 Å². The predicted octanol–water partition coefficient (Wildman–Crippen LogP) is 1.80. The van der Waals surface area contributed by atoms with Crippen LogP contribution >= 0.6 is 12.4 Å². The summed E-state index contributed by atoms with van der Waals surface area (Å²) < 4.78 is 11.0. The van der Waals surface area contributed by atoms with Crippen molar-refractivity contribution in [3.8, 4) is 5.75 Å². The molecule has 1 N–H and O–H groups in total. The van der Waals surface area contributed by atoms with E-state index in [1.165, 1.54) is 5.56 Å². The van der Waals surface area contributed by atoms with Crippen LogP contribution in [0, 0.1) is 13.8 Å². The summed E-state index contributed by atoms with van der Waals surface area (Å²) in [5.41, 5.74) is 2.27. The van der Waals surface area contributed by atoms with Gasteiger partial charge in [0.2, 0.25) is 0 Å². The molecule has 0 saturated carbocycles. The van der Waals surface area contributed by atoms with Crippen LogP contribution in [0.3, 0.4) is 0 Å². The molecular weight excluding hydrogens is 278 g/mol. The second-order valence-electron chi connectivity index (χ2n) is 5.15. The number of aryl methyl sites for hydroxylation is 2. The first-order valence-corrected chi connectivity index (χ1v) is 6.83. The van der Waals surface area contributed by atoms with Crippen LogP contribution in [0.15, 0.2) is 18.2 Å². The Balaban J connectivity index is 0.00000200. The molecule has 0 radical (unpaired) electrons. The van der Waals surface area contributed by atoms with E-state index in [1.54, 1.807) is 0 Å². The van der Waals surface area contributed by atoms with Crippen LogP contribution < -0.4 is 4.74 Å². The van der Waals surface area contributed by atoms with Gasteiger partial charge in [0.1, 0.15) is 18.5 Å². The number of hydrogen-bond donors (Lipinski definition) is 1. The number of ether oxygens (including phenoxy) is 2. The van der Waals surface area contributed by atoms with E-state index in [1.807, 2.05) is 26.0 Å². The van der Waals surface area contributed by atoms with Crippen molar-refractivity contribution >= 4 is 12.4 Å². The van der Waals surface area contributed by atoms with Crippen molar-refractivity contribution in [3.05, 3.63) is 29.3 Å². The SMILES string of the molecule is Cc1ccc(C)c(OCC(O)CN2CCOCC2)c1.Cl. The molecule has 1 aliphatic rings. The maximum absolute atomic E-state index is 10.0. The van der Waals surface area contributed by atoms with E-state index >= 15 is 0 Å². The first-order chi connectivity index (χ1) is 9.15. The molecule has 114 valence electrons. The number of aliphatic hydroxyl groups excluding tert-OH is 1. The van der Waals surface area contributed by atoms with E-state index in [9.17, 15) is 5.11 Å². The lowest BCUT2D eigenvalue weighted by molar-refractivity contribution is 0.00459. The first-order valence-electron chi connectivity index (χ1n) is 6.83. The Morgan fingerprint density at radius 1 is 1.30 bits per heavy atom. The summed E-state index contributed by atoms with van der Waals surface area (Å²) in [5, 5.41) is 10.0. The van der Waals surface area contributed by atoms with Crippen molar-refractivity contribution < 1.29 is 14.6 Å². The summed E-state index contributed by atoms with van der Waals surface area (Å²) in [5.74, 6) is 0.862. The summed E-state index contributed by atoms with van der Waals surface area (Å²) in [4.78, 5) is 2.21. The van der Waals surface area contributed by atoms with Gasteiger partial charge in [-0.05, 0) is 31.0 Å². The van der Waals surface area contributed by atoms with Crippen LogP contribution in [0.1, 0.15) is 11.1 Å². The van der Waals surface area contributed by atoms with Gasteiger partial charge in [0, 0.05) is 19.6 Å². The highest BCUT2D eigenvalue weighted by molar-refractivity contribution is 5.85. The van der Waals surface area contributed by atoms with Gasteiger partial charge < -0.3 is 14.6 Å². The molecule has 1 aromatic rings. The Hall–Kier alpha value is -0.810. The molecule has 0 spiro atoms. The highest BCUT2D eigenvalue weighted by Gasteiger charge is 2.15. The number of aliphatic hydroxyl groups is 1. The van der Waals surface area contributed by atoms with E-state index in [2.05, 4.69) is 11.0 Å². The van der Waals surface area contributed by atoms with Crippen LogP contribution in [0.5, 0.6) is 5.75 Å². The number of benzene rings is 1. The zero-order valence-electron chi connectivity index (χ0n) is 12.2. The molecule has 4 nitrogen and oxygen atoms in total. The Kier molecular flexibility index (Phi) is 7.30. The minimum absolute atomic E-state index is 0. The van der Waals surface area contributed by atoms with Gasteiger partial charge in [-0.2, -0.15) is 0 Å². The third-order valence-corrected chi connectivity index (χ3v) is 3.35. The molecule has 0 amide bonds. The van der Waals surface area contributed by atoms with Gasteiger partial charge in [0.15, 0.2) is 0 Å². The molecule has 0 bridgehead atoms. The summed E-state index contributed by atoms with van der Waals surface area (Å²) in [6.07, 6.45) is -0.460. The molecule has 0 aliphatic carbocycles. The summed E-state index contributed by atoms with van der Waals surface area (Å²) in [6.45, 7) is 8.33. The molecule has 1 heterocycles. The van der Waals surface area contributed by atoms with Crippen molar-refractivity contribution in [1.29, 1.82) is 0 Å². The molecule has 1 fully saturated rings. The van der Waals surface area contributed by atoms with E-state index in [4.69, 9.17) is 9.47 Å². The average Bonchev–Trinajstić information content (AvgIpc) is 2.41. The number of nitrogens with zero attached hydrogens (tertiary/aromatic N) is 1. The normalized spacial score (nSPS) is 17.4. The summed E-state index contributed by atoms with van der Waals surface area (Å²) in [6, 6.07) is 6.11. The standard InChI is InChI=1S/C15H23NO3.ClH/c1-12-3-4-13(2)15(9-12)19-11-14(17)10-16-5-7-18-8-6-16;/h3-4,9,14,17H,5-8,10-11H2,1-2H3;1H. The zero-order valence-corrected chi connectivity index (χ0v) is 13.0. The highest BCUT2D eigenvalue weighted by Crippen LogP contribution is 2.19. The molecule has 1 aliphatic heterocycles. The minimum atomic E-state index is -0.460. The van der Waals surface area contributed by atoms with Crippen molar-refractivity contribution in [3.63, 3.8) is 0 Å². The molecule has 1 saturated heterocycles. The third-order valence-electron chi connectivity index (χ3n) is 3.35.